The molecule has 164 valence electrons. The van der Waals surface area contributed by atoms with E-state index in [1.807, 2.05) is 0 Å². The van der Waals surface area contributed by atoms with Crippen molar-refractivity contribution >= 4 is 28.4 Å². The Hall–Kier alpha value is -3.41. The van der Waals surface area contributed by atoms with Crippen molar-refractivity contribution in [2.75, 3.05) is 11.9 Å². The summed E-state index contributed by atoms with van der Waals surface area (Å²) < 4.78 is 55.1. The van der Waals surface area contributed by atoms with Crippen LogP contribution in [0.15, 0.2) is 46.2 Å². The number of carbonyl (C=O) groups is 2. The fourth-order valence-corrected chi connectivity index (χ4v) is 3.19. The van der Waals surface area contributed by atoms with Gasteiger partial charge in [0.1, 0.15) is 5.82 Å². The third-order valence-electron chi connectivity index (χ3n) is 3.89. The highest BCUT2D eigenvalue weighted by Crippen LogP contribution is 2.30. The third-order valence-corrected chi connectivity index (χ3v) is 4.70. The highest BCUT2D eigenvalue weighted by molar-refractivity contribution is 7.13. The Kier molecular flexibility index (Phi) is 6.90. The van der Waals surface area contributed by atoms with Crippen LogP contribution in [-0.4, -0.2) is 23.5 Å². The molecule has 3 N–H and O–H groups in total. The largest absolute Gasteiger partial charge is 0.449 e. The van der Waals surface area contributed by atoms with Crippen molar-refractivity contribution in [1.29, 1.82) is 0 Å². The van der Waals surface area contributed by atoms with Crippen molar-refractivity contribution in [3.05, 3.63) is 70.4 Å². The van der Waals surface area contributed by atoms with Crippen molar-refractivity contribution < 1.29 is 31.6 Å². The first-order chi connectivity index (χ1) is 14.7. The van der Waals surface area contributed by atoms with Gasteiger partial charge in [-0.1, -0.05) is 12.1 Å². The lowest BCUT2D eigenvalue weighted by Crippen LogP contribution is -2.28. The van der Waals surface area contributed by atoms with E-state index in [0.29, 0.717) is 28.9 Å². The van der Waals surface area contributed by atoms with E-state index in [1.165, 1.54) is 18.2 Å². The van der Waals surface area contributed by atoms with Gasteiger partial charge in [0.2, 0.25) is 5.76 Å². The topological polar surface area (TPSA) is 96.3 Å². The molecule has 0 saturated carbocycles. The van der Waals surface area contributed by atoms with Crippen LogP contribution in [0.3, 0.4) is 0 Å². The molecule has 0 aliphatic rings. The fraction of sp³-hybridized carbons (Fsp3) is 0.211. The maximum atomic E-state index is 13.1. The standard InChI is InChI=1S/C19H16F4N4O3S/c20-12-3-1-2-11(8-12)9-25-17(29)27-18-26-13(10-31-18)6-7-24-16(28)14-4-5-15(30-14)19(21,22)23/h1-5,8,10H,6-7,9H2,(H,24,28)(H2,25,26,27,29). The molecule has 0 atom stereocenters. The highest BCUT2D eigenvalue weighted by atomic mass is 32.1. The maximum Gasteiger partial charge on any atom is 0.449 e. The third kappa shape index (κ3) is 6.54. The minimum Gasteiger partial charge on any atom is -0.446 e. The van der Waals surface area contributed by atoms with E-state index in [2.05, 4.69) is 25.4 Å². The van der Waals surface area contributed by atoms with Crippen LogP contribution in [0.5, 0.6) is 0 Å². The van der Waals surface area contributed by atoms with Crippen LogP contribution < -0.4 is 16.0 Å². The number of amides is 3. The zero-order valence-electron chi connectivity index (χ0n) is 15.8. The Morgan fingerprint density at radius 3 is 2.65 bits per heavy atom. The van der Waals surface area contributed by atoms with Crippen molar-refractivity contribution in [3.8, 4) is 0 Å². The summed E-state index contributed by atoms with van der Waals surface area (Å²) in [7, 11) is 0. The van der Waals surface area contributed by atoms with Gasteiger partial charge in [-0.05, 0) is 29.8 Å². The minimum absolute atomic E-state index is 0.107. The van der Waals surface area contributed by atoms with Crippen LogP contribution >= 0.6 is 11.3 Å². The van der Waals surface area contributed by atoms with Crippen molar-refractivity contribution in [1.82, 2.24) is 15.6 Å². The molecule has 0 saturated heterocycles. The number of nitrogens with zero attached hydrogens (tertiary/aromatic N) is 1. The number of furan rings is 1. The summed E-state index contributed by atoms with van der Waals surface area (Å²) in [5, 5.41) is 9.55. The average Bonchev–Trinajstić information content (AvgIpc) is 3.36. The summed E-state index contributed by atoms with van der Waals surface area (Å²) in [6.07, 6.45) is -4.37. The Morgan fingerprint density at radius 2 is 1.94 bits per heavy atom. The number of anilines is 1. The monoisotopic (exact) mass is 456 g/mol. The summed E-state index contributed by atoms with van der Waals surface area (Å²) in [4.78, 5) is 28.0. The van der Waals surface area contributed by atoms with Crippen LogP contribution in [0.1, 0.15) is 27.6 Å². The Labute approximate surface area is 177 Å². The SMILES string of the molecule is O=C(NCc1cccc(F)c1)Nc1nc(CCNC(=O)c2ccc(C(F)(F)F)o2)cs1. The van der Waals surface area contributed by atoms with E-state index in [1.54, 1.807) is 11.4 Å². The van der Waals surface area contributed by atoms with E-state index in [-0.39, 0.29) is 13.1 Å². The zero-order chi connectivity index (χ0) is 22.4. The first-order valence-electron chi connectivity index (χ1n) is 8.89. The van der Waals surface area contributed by atoms with Gasteiger partial charge in [0.25, 0.3) is 5.91 Å². The summed E-state index contributed by atoms with van der Waals surface area (Å²) in [5.41, 5.74) is 1.17. The first kappa shape index (κ1) is 22.3. The molecule has 7 nitrogen and oxygen atoms in total. The van der Waals surface area contributed by atoms with Crippen LogP contribution in [0.25, 0.3) is 0 Å². The van der Waals surface area contributed by atoms with Crippen LogP contribution in [-0.2, 0) is 19.1 Å². The molecule has 0 radical (unpaired) electrons. The van der Waals surface area contributed by atoms with E-state index in [9.17, 15) is 27.2 Å². The van der Waals surface area contributed by atoms with Crippen LogP contribution in [0.4, 0.5) is 27.5 Å². The van der Waals surface area contributed by atoms with Gasteiger partial charge in [-0.3, -0.25) is 10.1 Å². The molecule has 1 aromatic carbocycles. The second-order valence-corrected chi connectivity index (χ2v) is 7.11. The fourth-order valence-electron chi connectivity index (χ4n) is 2.45. The van der Waals surface area contributed by atoms with E-state index >= 15 is 0 Å². The number of alkyl halides is 3. The molecule has 31 heavy (non-hydrogen) atoms. The number of aromatic nitrogens is 1. The molecule has 2 aromatic heterocycles. The smallest absolute Gasteiger partial charge is 0.446 e. The van der Waals surface area contributed by atoms with Gasteiger partial charge in [0.15, 0.2) is 10.9 Å². The van der Waals surface area contributed by atoms with Crippen molar-refractivity contribution in [2.45, 2.75) is 19.1 Å². The Bertz CT molecular complexity index is 1060. The molecule has 3 aromatic rings. The Morgan fingerprint density at radius 1 is 1.13 bits per heavy atom. The number of benzene rings is 1. The normalized spacial score (nSPS) is 11.2. The van der Waals surface area contributed by atoms with Gasteiger partial charge in [-0.25, -0.2) is 14.2 Å². The molecule has 0 aliphatic heterocycles. The number of halogens is 4. The summed E-state index contributed by atoms with van der Waals surface area (Å²) in [6.45, 7) is 0.243. The number of carbonyl (C=O) groups excluding carboxylic acids is 2. The number of hydrogen-bond acceptors (Lipinski definition) is 5. The lowest BCUT2D eigenvalue weighted by atomic mass is 10.2. The molecule has 0 bridgehead atoms. The number of thiazole rings is 1. The average molecular weight is 456 g/mol. The first-order valence-corrected chi connectivity index (χ1v) is 9.77. The van der Waals surface area contributed by atoms with Gasteiger partial charge in [-0.15, -0.1) is 11.3 Å². The molecular weight excluding hydrogens is 440 g/mol. The molecular formula is C19H16F4N4O3S. The number of rotatable bonds is 7. The van der Waals surface area contributed by atoms with Gasteiger partial charge in [0.05, 0.1) is 5.69 Å². The summed E-state index contributed by atoms with van der Waals surface area (Å²) in [6, 6.07) is 6.94. The predicted octanol–water partition coefficient (Wildman–Crippen LogP) is 4.19. The van der Waals surface area contributed by atoms with Gasteiger partial charge < -0.3 is 15.1 Å². The maximum absolute atomic E-state index is 13.1. The summed E-state index contributed by atoms with van der Waals surface area (Å²) >= 11 is 1.16. The number of nitrogens with one attached hydrogen (secondary N) is 3. The second-order valence-electron chi connectivity index (χ2n) is 6.25. The molecule has 3 amide bonds. The van der Waals surface area contributed by atoms with E-state index in [0.717, 1.165) is 17.4 Å². The van der Waals surface area contributed by atoms with Gasteiger partial charge in [0, 0.05) is 24.9 Å². The molecule has 0 unspecified atom stereocenters. The lowest BCUT2D eigenvalue weighted by molar-refractivity contribution is -0.153. The molecule has 0 fully saturated rings. The van der Waals surface area contributed by atoms with Crippen molar-refractivity contribution in [2.24, 2.45) is 0 Å². The second kappa shape index (κ2) is 9.60. The molecule has 12 heteroatoms. The van der Waals surface area contributed by atoms with Gasteiger partial charge in [-0.2, -0.15) is 13.2 Å². The van der Waals surface area contributed by atoms with Crippen LogP contribution in [0.2, 0.25) is 0 Å². The minimum atomic E-state index is -4.66. The number of urea groups is 1. The Balaban J connectivity index is 1.42. The highest BCUT2D eigenvalue weighted by Gasteiger charge is 2.35. The lowest BCUT2D eigenvalue weighted by Gasteiger charge is -2.05. The quantitative estimate of drug-likeness (QED) is 0.465. The van der Waals surface area contributed by atoms with Gasteiger partial charge >= 0.3 is 12.2 Å². The molecule has 2 heterocycles. The van der Waals surface area contributed by atoms with Crippen LogP contribution in [0, 0.1) is 5.82 Å². The van der Waals surface area contributed by atoms with Crippen molar-refractivity contribution in [3.63, 3.8) is 0 Å². The predicted molar refractivity (Wildman–Crippen MR) is 104 cm³/mol. The van der Waals surface area contributed by atoms with E-state index < -0.39 is 35.5 Å². The zero-order valence-corrected chi connectivity index (χ0v) is 16.6. The van der Waals surface area contributed by atoms with E-state index in [4.69, 9.17) is 0 Å². The molecule has 3 rings (SSSR count). The molecule has 0 spiro atoms. The molecule has 0 aliphatic carbocycles. The number of hydrogen-bond donors (Lipinski definition) is 3. The summed E-state index contributed by atoms with van der Waals surface area (Å²) in [5.74, 6) is -2.86.